The Hall–Kier alpha value is -2.94. The van der Waals surface area contributed by atoms with Crippen LogP contribution in [0.4, 0.5) is 0 Å². The molecule has 0 amide bonds. The Morgan fingerprint density at radius 2 is 1.54 bits per heavy atom. The maximum absolute atomic E-state index is 13.0. The molecule has 0 saturated heterocycles. The Balaban J connectivity index is 2.26. The first-order chi connectivity index (χ1) is 11.5. The molecule has 2 aromatic carbocycles. The molecule has 3 rings (SSSR count). The van der Waals surface area contributed by atoms with Gasteiger partial charge in [0, 0.05) is 23.9 Å². The second-order valence-corrected chi connectivity index (χ2v) is 6.00. The molecule has 0 aliphatic rings. The van der Waals surface area contributed by atoms with Gasteiger partial charge in [-0.25, -0.2) is 0 Å². The van der Waals surface area contributed by atoms with E-state index in [0.717, 1.165) is 16.8 Å². The van der Waals surface area contributed by atoms with E-state index >= 15 is 0 Å². The van der Waals surface area contributed by atoms with Crippen molar-refractivity contribution in [2.75, 3.05) is 0 Å². The average Bonchev–Trinajstić information content (AvgIpc) is 2.60. The van der Waals surface area contributed by atoms with E-state index in [1.807, 2.05) is 62.4 Å². The molecule has 0 bridgehead atoms. The van der Waals surface area contributed by atoms with Crippen molar-refractivity contribution >= 4 is 5.78 Å². The van der Waals surface area contributed by atoms with Gasteiger partial charge in [-0.15, -0.1) is 0 Å². The SMILES string of the molecule is Cc1ccc(C(=O)c2c(-c3ccccc3)cc(C)n(C)c2=O)cc1. The van der Waals surface area contributed by atoms with E-state index in [-0.39, 0.29) is 16.9 Å². The second kappa shape index (κ2) is 6.28. The van der Waals surface area contributed by atoms with Crippen LogP contribution in [-0.4, -0.2) is 10.4 Å². The van der Waals surface area contributed by atoms with Gasteiger partial charge >= 0.3 is 0 Å². The molecule has 1 aromatic heterocycles. The highest BCUT2D eigenvalue weighted by molar-refractivity contribution is 6.12. The van der Waals surface area contributed by atoms with Crippen molar-refractivity contribution < 1.29 is 4.79 Å². The molecule has 0 fully saturated rings. The van der Waals surface area contributed by atoms with E-state index in [0.29, 0.717) is 11.1 Å². The van der Waals surface area contributed by atoms with Crippen LogP contribution in [0.3, 0.4) is 0 Å². The summed E-state index contributed by atoms with van der Waals surface area (Å²) in [6.07, 6.45) is 0. The molecule has 3 heteroatoms. The Morgan fingerprint density at radius 1 is 0.917 bits per heavy atom. The van der Waals surface area contributed by atoms with Crippen LogP contribution in [0.5, 0.6) is 0 Å². The monoisotopic (exact) mass is 317 g/mol. The molecule has 0 spiro atoms. The van der Waals surface area contributed by atoms with Gasteiger partial charge in [-0.2, -0.15) is 0 Å². The normalized spacial score (nSPS) is 10.6. The van der Waals surface area contributed by atoms with E-state index in [9.17, 15) is 9.59 Å². The maximum Gasteiger partial charge on any atom is 0.262 e. The van der Waals surface area contributed by atoms with E-state index in [4.69, 9.17) is 0 Å². The number of hydrogen-bond donors (Lipinski definition) is 0. The fourth-order valence-electron chi connectivity index (χ4n) is 2.74. The predicted molar refractivity (Wildman–Crippen MR) is 96.5 cm³/mol. The Morgan fingerprint density at radius 3 is 2.17 bits per heavy atom. The molecular formula is C21H19NO2. The van der Waals surface area contributed by atoms with Gasteiger partial charge in [0.15, 0.2) is 5.78 Å². The summed E-state index contributed by atoms with van der Waals surface area (Å²) in [5, 5.41) is 0. The minimum Gasteiger partial charge on any atom is -0.315 e. The number of rotatable bonds is 3. The second-order valence-electron chi connectivity index (χ2n) is 6.00. The molecule has 0 aliphatic heterocycles. The zero-order chi connectivity index (χ0) is 17.3. The number of hydrogen-bond acceptors (Lipinski definition) is 2. The van der Waals surface area contributed by atoms with Crippen molar-refractivity contribution in [3.05, 3.63) is 93.4 Å². The topological polar surface area (TPSA) is 39.1 Å². The molecular weight excluding hydrogens is 298 g/mol. The molecule has 0 atom stereocenters. The fraction of sp³-hybridized carbons (Fsp3) is 0.143. The quantitative estimate of drug-likeness (QED) is 0.687. The summed E-state index contributed by atoms with van der Waals surface area (Å²) in [7, 11) is 1.69. The number of carbonyl (C=O) groups excluding carboxylic acids is 1. The largest absolute Gasteiger partial charge is 0.315 e. The van der Waals surface area contributed by atoms with Crippen LogP contribution in [0, 0.1) is 13.8 Å². The van der Waals surface area contributed by atoms with Crippen molar-refractivity contribution in [3.8, 4) is 11.1 Å². The first-order valence-corrected chi connectivity index (χ1v) is 7.86. The number of carbonyl (C=O) groups is 1. The Labute approximate surface area is 141 Å². The highest BCUT2D eigenvalue weighted by Gasteiger charge is 2.20. The van der Waals surface area contributed by atoms with Crippen LogP contribution in [0.15, 0.2) is 65.5 Å². The van der Waals surface area contributed by atoms with Crippen LogP contribution >= 0.6 is 0 Å². The van der Waals surface area contributed by atoms with E-state index in [1.54, 1.807) is 19.2 Å². The molecule has 0 radical (unpaired) electrons. The third-order valence-corrected chi connectivity index (χ3v) is 4.30. The van der Waals surface area contributed by atoms with Gasteiger partial charge in [0.2, 0.25) is 0 Å². The lowest BCUT2D eigenvalue weighted by Gasteiger charge is -2.13. The summed E-state index contributed by atoms with van der Waals surface area (Å²) < 4.78 is 1.52. The number of benzene rings is 2. The fourth-order valence-corrected chi connectivity index (χ4v) is 2.74. The first-order valence-electron chi connectivity index (χ1n) is 7.86. The number of aryl methyl sites for hydroxylation is 2. The zero-order valence-corrected chi connectivity index (χ0v) is 14.0. The lowest BCUT2D eigenvalue weighted by Crippen LogP contribution is -2.27. The van der Waals surface area contributed by atoms with Crippen LogP contribution in [0.2, 0.25) is 0 Å². The lowest BCUT2D eigenvalue weighted by atomic mass is 9.94. The molecule has 1 heterocycles. The van der Waals surface area contributed by atoms with Gasteiger partial charge < -0.3 is 4.57 Å². The van der Waals surface area contributed by atoms with Crippen molar-refractivity contribution in [2.24, 2.45) is 7.05 Å². The van der Waals surface area contributed by atoms with Gasteiger partial charge in [-0.1, -0.05) is 60.2 Å². The summed E-state index contributed by atoms with van der Waals surface area (Å²) in [5.41, 5.74) is 3.93. The summed E-state index contributed by atoms with van der Waals surface area (Å²) in [4.78, 5) is 25.8. The van der Waals surface area contributed by atoms with Crippen LogP contribution in [-0.2, 0) is 7.05 Å². The van der Waals surface area contributed by atoms with Gasteiger partial charge in [-0.05, 0) is 25.5 Å². The van der Waals surface area contributed by atoms with Crippen LogP contribution in [0.25, 0.3) is 11.1 Å². The van der Waals surface area contributed by atoms with Gasteiger partial charge in [0.1, 0.15) is 0 Å². The third-order valence-electron chi connectivity index (χ3n) is 4.30. The highest BCUT2D eigenvalue weighted by Crippen LogP contribution is 2.24. The molecule has 3 aromatic rings. The summed E-state index contributed by atoms with van der Waals surface area (Å²) in [6, 6.07) is 18.8. The van der Waals surface area contributed by atoms with E-state index in [1.165, 1.54) is 4.57 Å². The number of pyridine rings is 1. The smallest absolute Gasteiger partial charge is 0.262 e. The van der Waals surface area contributed by atoms with Gasteiger partial charge in [0.05, 0.1) is 5.56 Å². The van der Waals surface area contributed by atoms with Crippen molar-refractivity contribution in [3.63, 3.8) is 0 Å². The average molecular weight is 317 g/mol. The van der Waals surface area contributed by atoms with Crippen molar-refractivity contribution in [2.45, 2.75) is 13.8 Å². The first kappa shape index (κ1) is 15.9. The molecule has 0 aliphatic carbocycles. The predicted octanol–water partition coefficient (Wildman–Crippen LogP) is 3.90. The number of ketones is 1. The molecule has 0 unspecified atom stereocenters. The molecule has 0 saturated carbocycles. The minimum atomic E-state index is -0.264. The van der Waals surface area contributed by atoms with Crippen LogP contribution in [0.1, 0.15) is 27.2 Å². The number of aromatic nitrogens is 1. The molecule has 3 nitrogen and oxygen atoms in total. The van der Waals surface area contributed by atoms with Gasteiger partial charge in [0.25, 0.3) is 5.56 Å². The minimum absolute atomic E-state index is 0.221. The molecule has 24 heavy (non-hydrogen) atoms. The molecule has 120 valence electrons. The van der Waals surface area contributed by atoms with Crippen molar-refractivity contribution in [1.82, 2.24) is 4.57 Å². The van der Waals surface area contributed by atoms with E-state index < -0.39 is 0 Å². The van der Waals surface area contributed by atoms with Gasteiger partial charge in [-0.3, -0.25) is 9.59 Å². The standard InChI is InChI=1S/C21H19NO2/c1-14-9-11-17(12-10-14)20(23)19-18(16-7-5-4-6-8-16)13-15(2)22(3)21(19)24/h4-13H,1-3H3. The zero-order valence-electron chi connectivity index (χ0n) is 14.0. The molecule has 0 N–H and O–H groups in total. The van der Waals surface area contributed by atoms with Crippen molar-refractivity contribution in [1.29, 1.82) is 0 Å². The lowest BCUT2D eigenvalue weighted by molar-refractivity contribution is 0.103. The summed E-state index contributed by atoms with van der Waals surface area (Å²) in [5.74, 6) is -0.241. The highest BCUT2D eigenvalue weighted by atomic mass is 16.1. The Bertz CT molecular complexity index is 952. The van der Waals surface area contributed by atoms with E-state index in [2.05, 4.69) is 0 Å². The van der Waals surface area contributed by atoms with Crippen LogP contribution < -0.4 is 5.56 Å². The Kier molecular flexibility index (Phi) is 4.17. The maximum atomic E-state index is 13.0. The summed E-state index contributed by atoms with van der Waals surface area (Å²) >= 11 is 0. The summed E-state index contributed by atoms with van der Waals surface area (Å²) in [6.45, 7) is 3.84. The number of nitrogens with zero attached hydrogens (tertiary/aromatic N) is 1. The third kappa shape index (κ3) is 2.81.